The molecule has 31 heavy (non-hydrogen) atoms. The van der Waals surface area contributed by atoms with E-state index in [0.717, 1.165) is 43.6 Å². The zero-order valence-corrected chi connectivity index (χ0v) is 18.2. The lowest BCUT2D eigenvalue weighted by molar-refractivity contribution is -0.127. The van der Waals surface area contributed by atoms with Crippen molar-refractivity contribution < 1.29 is 13.6 Å². The summed E-state index contributed by atoms with van der Waals surface area (Å²) in [7, 11) is 2.08. The van der Waals surface area contributed by atoms with Crippen LogP contribution in [0.4, 0.5) is 8.78 Å². The van der Waals surface area contributed by atoms with Crippen molar-refractivity contribution in [1.29, 1.82) is 0 Å². The molecule has 1 saturated heterocycles. The topological polar surface area (TPSA) is 66.3 Å². The minimum atomic E-state index is -0.566. The van der Waals surface area contributed by atoms with Gasteiger partial charge in [-0.1, -0.05) is 6.07 Å². The fourth-order valence-electron chi connectivity index (χ4n) is 4.42. The van der Waals surface area contributed by atoms with Crippen LogP contribution in [0.2, 0.25) is 0 Å². The van der Waals surface area contributed by atoms with E-state index in [1.54, 1.807) is 0 Å². The second-order valence-corrected chi connectivity index (χ2v) is 8.70. The zero-order valence-electron chi connectivity index (χ0n) is 18.2. The molecule has 1 aromatic heterocycles. The van der Waals surface area contributed by atoms with Gasteiger partial charge in [-0.05, 0) is 46.0 Å². The number of nitrogens with one attached hydrogen (secondary N) is 1. The van der Waals surface area contributed by atoms with E-state index in [-0.39, 0.29) is 17.9 Å². The largest absolute Gasteiger partial charge is 0.346 e. The van der Waals surface area contributed by atoms with E-state index in [2.05, 4.69) is 36.9 Å². The third-order valence-corrected chi connectivity index (χ3v) is 6.39. The Bertz CT molecular complexity index is 925. The molecule has 3 heterocycles. The van der Waals surface area contributed by atoms with Crippen LogP contribution in [0.5, 0.6) is 0 Å². The Morgan fingerprint density at radius 2 is 1.94 bits per heavy atom. The molecule has 0 radical (unpaired) electrons. The summed E-state index contributed by atoms with van der Waals surface area (Å²) in [6, 6.07) is 3.49. The Hall–Kier alpha value is -2.39. The van der Waals surface area contributed by atoms with Crippen LogP contribution in [-0.4, -0.2) is 63.7 Å². The fourth-order valence-corrected chi connectivity index (χ4v) is 4.42. The van der Waals surface area contributed by atoms with Gasteiger partial charge in [0.05, 0.1) is 6.04 Å². The maximum absolute atomic E-state index is 14.0. The van der Waals surface area contributed by atoms with E-state index in [1.165, 1.54) is 12.1 Å². The first-order chi connectivity index (χ1) is 14.9. The molecule has 1 amide bonds. The molecular weight excluding hydrogens is 402 g/mol. The molecule has 0 bridgehead atoms. The number of aromatic nitrogens is 3. The maximum atomic E-state index is 14.0. The van der Waals surface area contributed by atoms with Gasteiger partial charge in [-0.3, -0.25) is 9.69 Å². The van der Waals surface area contributed by atoms with Crippen LogP contribution < -0.4 is 5.32 Å². The number of nitrogens with zero attached hydrogens (tertiary/aromatic N) is 5. The summed E-state index contributed by atoms with van der Waals surface area (Å²) in [6.45, 7) is 6.32. The molecule has 2 aliphatic heterocycles. The number of likely N-dealkylation sites (tertiary alicyclic amines) is 1. The van der Waals surface area contributed by atoms with Gasteiger partial charge < -0.3 is 14.8 Å². The first-order valence-corrected chi connectivity index (χ1v) is 11.0. The molecule has 1 aromatic carbocycles. The second kappa shape index (κ2) is 9.40. The lowest BCUT2D eigenvalue weighted by Gasteiger charge is -2.29. The molecule has 0 spiro atoms. The van der Waals surface area contributed by atoms with E-state index in [4.69, 9.17) is 0 Å². The molecule has 0 saturated carbocycles. The van der Waals surface area contributed by atoms with Gasteiger partial charge in [0.25, 0.3) is 0 Å². The molecule has 1 fully saturated rings. The van der Waals surface area contributed by atoms with Crippen molar-refractivity contribution in [3.8, 4) is 0 Å². The molecule has 1 atom stereocenters. The average Bonchev–Trinajstić information content (AvgIpc) is 3.05. The third-order valence-electron chi connectivity index (χ3n) is 6.39. The summed E-state index contributed by atoms with van der Waals surface area (Å²) in [5.41, 5.74) is 0.484. The molecule has 0 unspecified atom stereocenters. The molecule has 9 heteroatoms. The number of piperidine rings is 1. The van der Waals surface area contributed by atoms with E-state index in [0.29, 0.717) is 38.2 Å². The summed E-state index contributed by atoms with van der Waals surface area (Å²) in [5, 5.41) is 11.8. The molecule has 2 aliphatic rings. The summed E-state index contributed by atoms with van der Waals surface area (Å²) >= 11 is 0. The van der Waals surface area contributed by atoms with E-state index in [9.17, 15) is 13.6 Å². The molecule has 2 aromatic rings. The lowest BCUT2D eigenvalue weighted by atomic mass is 9.96. The van der Waals surface area contributed by atoms with Crippen molar-refractivity contribution in [2.45, 2.75) is 45.3 Å². The van der Waals surface area contributed by atoms with E-state index in [1.807, 2.05) is 6.92 Å². The molecular formula is C22H30F2N6O. The third kappa shape index (κ3) is 5.10. The van der Waals surface area contributed by atoms with Gasteiger partial charge in [-0.15, -0.1) is 10.2 Å². The number of hydrogen-bond donors (Lipinski definition) is 1. The summed E-state index contributed by atoms with van der Waals surface area (Å²) in [5.74, 6) is 0.675. The SMILES string of the molecule is C[C@H](NC(=O)C1CCN(C)CC1)c1nnc2n1CCN(Cc1ccc(F)cc1F)CC2. The Kier molecular flexibility index (Phi) is 6.62. The molecule has 1 N–H and O–H groups in total. The minimum absolute atomic E-state index is 0.0475. The van der Waals surface area contributed by atoms with E-state index < -0.39 is 11.6 Å². The van der Waals surface area contributed by atoms with Crippen LogP contribution >= 0.6 is 0 Å². The minimum Gasteiger partial charge on any atom is -0.346 e. The van der Waals surface area contributed by atoms with Crippen molar-refractivity contribution in [1.82, 2.24) is 29.9 Å². The van der Waals surface area contributed by atoms with Crippen LogP contribution in [0.1, 0.15) is 43.0 Å². The smallest absolute Gasteiger partial charge is 0.223 e. The van der Waals surface area contributed by atoms with Gasteiger partial charge in [0, 0.05) is 50.1 Å². The number of amides is 1. The van der Waals surface area contributed by atoms with Crippen LogP contribution in [0.3, 0.4) is 0 Å². The normalized spacial score (nSPS) is 19.6. The molecule has 4 rings (SSSR count). The van der Waals surface area contributed by atoms with Crippen molar-refractivity contribution in [2.24, 2.45) is 5.92 Å². The lowest BCUT2D eigenvalue weighted by Crippen LogP contribution is -2.40. The average molecular weight is 433 g/mol. The van der Waals surface area contributed by atoms with Crippen molar-refractivity contribution in [3.05, 3.63) is 47.0 Å². The number of rotatable bonds is 5. The van der Waals surface area contributed by atoms with E-state index >= 15 is 0 Å². The van der Waals surface area contributed by atoms with Crippen molar-refractivity contribution in [3.63, 3.8) is 0 Å². The van der Waals surface area contributed by atoms with Crippen LogP contribution in [-0.2, 0) is 24.3 Å². The number of carbonyl (C=O) groups excluding carboxylic acids is 1. The summed E-state index contributed by atoms with van der Waals surface area (Å²) < 4.78 is 29.3. The molecule has 0 aliphatic carbocycles. The predicted molar refractivity (Wildman–Crippen MR) is 112 cm³/mol. The Morgan fingerprint density at radius 3 is 2.68 bits per heavy atom. The molecule has 7 nitrogen and oxygen atoms in total. The van der Waals surface area contributed by atoms with Crippen molar-refractivity contribution in [2.75, 3.05) is 33.2 Å². The van der Waals surface area contributed by atoms with Crippen molar-refractivity contribution >= 4 is 5.91 Å². The Morgan fingerprint density at radius 1 is 1.16 bits per heavy atom. The van der Waals surface area contributed by atoms with Gasteiger partial charge in [0.15, 0.2) is 5.82 Å². The zero-order chi connectivity index (χ0) is 22.0. The standard InChI is InChI=1S/C22H30F2N6O/c1-15(25-22(31)16-5-8-28(2)9-6-16)21-27-26-20-7-10-29(11-12-30(20)21)14-17-3-4-18(23)13-19(17)24/h3-4,13,15-16H,5-12,14H2,1-2H3,(H,25,31)/t15-/m0/s1. The highest BCUT2D eigenvalue weighted by atomic mass is 19.1. The number of carbonyl (C=O) groups is 1. The highest BCUT2D eigenvalue weighted by molar-refractivity contribution is 5.79. The van der Waals surface area contributed by atoms with Gasteiger partial charge in [-0.25, -0.2) is 8.78 Å². The maximum Gasteiger partial charge on any atom is 0.223 e. The number of halogens is 2. The number of fused-ring (bicyclic) bond motifs is 1. The Labute approximate surface area is 181 Å². The summed E-state index contributed by atoms with van der Waals surface area (Å²) in [4.78, 5) is 17.1. The Balaban J connectivity index is 1.37. The number of benzene rings is 1. The quantitative estimate of drug-likeness (QED) is 0.784. The molecule has 168 valence electrons. The first-order valence-electron chi connectivity index (χ1n) is 11.0. The van der Waals surface area contributed by atoms with Gasteiger partial charge in [-0.2, -0.15) is 0 Å². The van der Waals surface area contributed by atoms with Gasteiger partial charge >= 0.3 is 0 Å². The first kappa shape index (κ1) is 21.8. The van der Waals surface area contributed by atoms with Crippen LogP contribution in [0.15, 0.2) is 18.2 Å². The summed E-state index contributed by atoms with van der Waals surface area (Å²) in [6.07, 6.45) is 2.44. The highest BCUT2D eigenvalue weighted by Gasteiger charge is 2.27. The van der Waals surface area contributed by atoms with Gasteiger partial charge in [0.2, 0.25) is 5.91 Å². The fraction of sp³-hybridized carbons (Fsp3) is 0.591. The van der Waals surface area contributed by atoms with Crippen LogP contribution in [0.25, 0.3) is 0 Å². The number of hydrogen-bond acceptors (Lipinski definition) is 5. The monoisotopic (exact) mass is 432 g/mol. The highest BCUT2D eigenvalue weighted by Crippen LogP contribution is 2.21. The second-order valence-electron chi connectivity index (χ2n) is 8.70. The van der Waals surface area contributed by atoms with Gasteiger partial charge in [0.1, 0.15) is 17.5 Å². The predicted octanol–water partition coefficient (Wildman–Crippen LogP) is 2.13. The van der Waals surface area contributed by atoms with Crippen LogP contribution in [0, 0.1) is 17.6 Å².